The van der Waals surface area contributed by atoms with Crippen molar-refractivity contribution in [2.75, 3.05) is 9.80 Å². The number of hydrogen-bond donors (Lipinski definition) is 0. The Morgan fingerprint density at radius 2 is 0.823 bits per heavy atom. The van der Waals surface area contributed by atoms with Crippen molar-refractivity contribution in [1.29, 1.82) is 0 Å². The number of benzene rings is 10. The molecule has 2 aliphatic rings. The van der Waals surface area contributed by atoms with Crippen LogP contribution in [0.25, 0.3) is 55.0 Å². The standard InChI is InChI=1S/C59H38N2O/c1-4-19-40(20-5-1)60(41-21-6-2-7-22-41)43-32-34-48-47-27-14-16-30-52(47)59(53(48)37-43)54-38-44(33-35-50(54)58-57(59)51-29-15-17-31-56(51)62-58)61(42-23-8-3-9-24-42)55-36-39-18-10-11-25-45(39)46-26-12-13-28-49(46)55/h1-38H. The second-order valence-electron chi connectivity index (χ2n) is 16.4. The van der Waals surface area contributed by atoms with Crippen LogP contribution in [0.1, 0.15) is 22.3 Å². The molecule has 11 aromatic rings. The summed E-state index contributed by atoms with van der Waals surface area (Å²) < 4.78 is 7.02. The van der Waals surface area contributed by atoms with Crippen molar-refractivity contribution in [3.8, 4) is 22.5 Å². The van der Waals surface area contributed by atoms with Gasteiger partial charge in [0, 0.05) is 50.3 Å². The van der Waals surface area contributed by atoms with Gasteiger partial charge in [-0.15, -0.1) is 0 Å². The second-order valence-corrected chi connectivity index (χ2v) is 16.4. The maximum atomic E-state index is 7.02. The van der Waals surface area contributed by atoms with Crippen LogP contribution in [-0.4, -0.2) is 0 Å². The lowest BCUT2D eigenvalue weighted by molar-refractivity contribution is 0.628. The monoisotopic (exact) mass is 790 g/mol. The fourth-order valence-electron chi connectivity index (χ4n) is 10.7. The minimum absolute atomic E-state index is 0.678. The lowest BCUT2D eigenvalue weighted by Crippen LogP contribution is -2.26. The van der Waals surface area contributed by atoms with Crippen LogP contribution in [0.5, 0.6) is 0 Å². The zero-order chi connectivity index (χ0) is 40.8. The van der Waals surface area contributed by atoms with Gasteiger partial charge in [0.2, 0.25) is 0 Å². The number of anilines is 6. The molecule has 1 heterocycles. The highest BCUT2D eigenvalue weighted by Crippen LogP contribution is 2.66. The zero-order valence-corrected chi connectivity index (χ0v) is 33.7. The van der Waals surface area contributed by atoms with Crippen LogP contribution >= 0.6 is 0 Å². The number of rotatable bonds is 6. The predicted octanol–water partition coefficient (Wildman–Crippen LogP) is 16.0. The summed E-state index contributed by atoms with van der Waals surface area (Å²) in [5, 5.41) is 6.03. The normalized spacial score (nSPS) is 14.5. The predicted molar refractivity (Wildman–Crippen MR) is 257 cm³/mol. The van der Waals surface area contributed by atoms with E-state index in [0.29, 0.717) is 0 Å². The first-order valence-corrected chi connectivity index (χ1v) is 21.3. The van der Waals surface area contributed by atoms with Gasteiger partial charge in [-0.3, -0.25) is 0 Å². The third kappa shape index (κ3) is 4.88. The highest BCUT2D eigenvalue weighted by molar-refractivity contribution is 6.15. The Balaban J connectivity index is 1.12. The molecule has 3 nitrogen and oxygen atoms in total. The second kappa shape index (κ2) is 13.4. The van der Waals surface area contributed by atoms with Crippen LogP contribution in [0.15, 0.2) is 235 Å². The van der Waals surface area contributed by atoms with E-state index in [-0.39, 0.29) is 0 Å². The Hall–Kier alpha value is -8.14. The molecule has 10 aromatic carbocycles. The van der Waals surface area contributed by atoms with Crippen LogP contribution in [0.3, 0.4) is 0 Å². The van der Waals surface area contributed by atoms with Gasteiger partial charge in [0.05, 0.1) is 11.1 Å². The average molecular weight is 791 g/mol. The number of furan rings is 1. The van der Waals surface area contributed by atoms with Crippen LogP contribution < -0.4 is 9.80 Å². The first kappa shape index (κ1) is 34.7. The topological polar surface area (TPSA) is 19.6 Å². The molecular formula is C59H38N2O. The fraction of sp³-hybridized carbons (Fsp3) is 0.0169. The Labute approximate surface area is 360 Å². The van der Waals surface area contributed by atoms with Crippen molar-refractivity contribution in [2.24, 2.45) is 0 Å². The Morgan fingerprint density at radius 3 is 1.53 bits per heavy atom. The van der Waals surface area contributed by atoms with Crippen molar-refractivity contribution < 1.29 is 4.42 Å². The summed E-state index contributed by atoms with van der Waals surface area (Å²) in [5.74, 6) is 0.936. The Kier molecular flexibility index (Phi) is 7.52. The van der Waals surface area contributed by atoms with Gasteiger partial charge in [-0.25, -0.2) is 0 Å². The molecule has 0 fully saturated rings. The fourth-order valence-corrected chi connectivity index (χ4v) is 10.7. The van der Waals surface area contributed by atoms with E-state index in [1.165, 1.54) is 54.9 Å². The number of nitrogens with zero attached hydrogens (tertiary/aromatic N) is 2. The van der Waals surface area contributed by atoms with Gasteiger partial charge in [0.15, 0.2) is 0 Å². The molecule has 1 aromatic heterocycles. The zero-order valence-electron chi connectivity index (χ0n) is 33.7. The van der Waals surface area contributed by atoms with Crippen LogP contribution in [0.4, 0.5) is 34.1 Å². The third-order valence-electron chi connectivity index (χ3n) is 13.2. The summed E-state index contributed by atoms with van der Waals surface area (Å²) in [4.78, 5) is 4.82. The van der Waals surface area contributed by atoms with Gasteiger partial charge in [-0.05, 0) is 123 Å². The first-order chi connectivity index (χ1) is 30.8. The highest BCUT2D eigenvalue weighted by Gasteiger charge is 2.55. The minimum Gasteiger partial charge on any atom is -0.456 e. The largest absolute Gasteiger partial charge is 0.456 e. The molecule has 62 heavy (non-hydrogen) atoms. The minimum atomic E-state index is -0.678. The number of fused-ring (bicyclic) bond motifs is 15. The molecule has 3 heteroatoms. The molecule has 0 saturated carbocycles. The van der Waals surface area contributed by atoms with Crippen molar-refractivity contribution in [3.05, 3.63) is 253 Å². The van der Waals surface area contributed by atoms with Crippen LogP contribution in [0, 0.1) is 0 Å². The van der Waals surface area contributed by atoms with Crippen molar-refractivity contribution in [3.63, 3.8) is 0 Å². The van der Waals surface area contributed by atoms with E-state index in [1.54, 1.807) is 0 Å². The van der Waals surface area contributed by atoms with Gasteiger partial charge in [-0.1, -0.05) is 152 Å². The molecule has 1 spiro atoms. The van der Waals surface area contributed by atoms with Gasteiger partial charge >= 0.3 is 0 Å². The molecule has 2 aliphatic carbocycles. The average Bonchev–Trinajstić information content (AvgIpc) is 3.96. The van der Waals surface area contributed by atoms with Crippen molar-refractivity contribution in [1.82, 2.24) is 0 Å². The molecule has 1 atom stereocenters. The quantitative estimate of drug-likeness (QED) is 0.156. The van der Waals surface area contributed by atoms with E-state index >= 15 is 0 Å². The molecule has 290 valence electrons. The SMILES string of the molecule is c1ccc(N(c2ccccc2)c2ccc3c(c2)C2(c4ccccc4-3)c3cc(N(c4ccccc4)c4cc5ccccc5c5ccccc45)ccc3-c3oc4ccccc4c32)cc1. The van der Waals surface area contributed by atoms with E-state index < -0.39 is 5.41 Å². The van der Waals surface area contributed by atoms with E-state index in [1.807, 2.05) is 0 Å². The van der Waals surface area contributed by atoms with E-state index in [2.05, 4.69) is 240 Å². The smallest absolute Gasteiger partial charge is 0.140 e. The maximum absolute atomic E-state index is 7.02. The lowest BCUT2D eigenvalue weighted by Gasteiger charge is -2.33. The lowest BCUT2D eigenvalue weighted by atomic mass is 9.70. The molecule has 0 amide bonds. The molecule has 1 unspecified atom stereocenters. The Bertz CT molecular complexity index is 3500. The summed E-state index contributed by atoms with van der Waals surface area (Å²) in [6.45, 7) is 0. The van der Waals surface area contributed by atoms with Crippen LogP contribution in [-0.2, 0) is 5.41 Å². The van der Waals surface area contributed by atoms with Gasteiger partial charge in [0.25, 0.3) is 0 Å². The summed E-state index contributed by atoms with van der Waals surface area (Å²) in [6, 6.07) is 83.9. The van der Waals surface area contributed by atoms with Crippen LogP contribution in [0.2, 0.25) is 0 Å². The third-order valence-corrected chi connectivity index (χ3v) is 13.2. The Morgan fingerprint density at radius 1 is 0.323 bits per heavy atom. The van der Waals surface area contributed by atoms with E-state index in [4.69, 9.17) is 4.42 Å². The van der Waals surface area contributed by atoms with Gasteiger partial charge in [-0.2, -0.15) is 0 Å². The molecule has 0 aliphatic heterocycles. The summed E-state index contributed by atoms with van der Waals surface area (Å²) >= 11 is 0. The highest BCUT2D eigenvalue weighted by atomic mass is 16.3. The first-order valence-electron chi connectivity index (χ1n) is 21.3. The molecule has 0 N–H and O–H groups in total. The number of para-hydroxylation sites is 4. The molecule has 0 saturated heterocycles. The van der Waals surface area contributed by atoms with Gasteiger partial charge < -0.3 is 14.2 Å². The van der Waals surface area contributed by atoms with E-state index in [0.717, 1.165) is 56.4 Å². The summed E-state index contributed by atoms with van der Waals surface area (Å²) in [7, 11) is 0. The summed E-state index contributed by atoms with van der Waals surface area (Å²) in [6.07, 6.45) is 0. The number of hydrogen-bond acceptors (Lipinski definition) is 3. The molecule has 13 rings (SSSR count). The molecular weight excluding hydrogens is 753 g/mol. The molecule has 0 radical (unpaired) electrons. The summed E-state index contributed by atoms with van der Waals surface area (Å²) in [5.41, 5.74) is 15.4. The van der Waals surface area contributed by atoms with Crippen molar-refractivity contribution >= 4 is 66.6 Å². The van der Waals surface area contributed by atoms with Gasteiger partial charge in [0.1, 0.15) is 11.3 Å². The molecule has 0 bridgehead atoms. The van der Waals surface area contributed by atoms with E-state index in [9.17, 15) is 0 Å². The van der Waals surface area contributed by atoms with Crippen molar-refractivity contribution in [2.45, 2.75) is 5.41 Å². The maximum Gasteiger partial charge on any atom is 0.140 e.